The van der Waals surface area contributed by atoms with Crippen LogP contribution >= 0.6 is 11.5 Å². The van der Waals surface area contributed by atoms with E-state index in [1.165, 1.54) is 0 Å². The summed E-state index contributed by atoms with van der Waals surface area (Å²) in [5.74, 6) is -3.09. The summed E-state index contributed by atoms with van der Waals surface area (Å²) in [6.07, 6.45) is 0. The van der Waals surface area contributed by atoms with E-state index < -0.39 is 23.1 Å². The molecule has 184 valence electrons. The number of halogens is 6. The summed E-state index contributed by atoms with van der Waals surface area (Å²) in [7, 11) is 1.00. The normalized spacial score (nSPS) is 8.82. The van der Waals surface area contributed by atoms with Gasteiger partial charge in [0.25, 0.3) is 5.91 Å². The van der Waals surface area contributed by atoms with Crippen LogP contribution in [0.25, 0.3) is 11.4 Å². The third kappa shape index (κ3) is 9.89. The molecular formula is C21H25F6N3O2S. The van der Waals surface area contributed by atoms with Crippen LogP contribution in [0.1, 0.15) is 34.8 Å². The highest BCUT2D eigenvalue weighted by atomic mass is 32.1. The molecule has 12 heteroatoms. The van der Waals surface area contributed by atoms with Gasteiger partial charge in [0, 0.05) is 14.7 Å². The second-order valence-electron chi connectivity index (χ2n) is 5.27. The minimum atomic E-state index is -1.20. The molecule has 0 aliphatic heterocycles. The number of nitrogens with two attached hydrogens (primary N) is 1. The van der Waals surface area contributed by atoms with Crippen LogP contribution in [0.4, 0.5) is 26.7 Å². The van der Waals surface area contributed by atoms with E-state index in [-0.39, 0.29) is 12.4 Å². The molecule has 1 heterocycles. The highest BCUT2D eigenvalue weighted by molar-refractivity contribution is 7.05. The molecule has 3 rings (SSSR count). The van der Waals surface area contributed by atoms with E-state index >= 15 is 0 Å². The molecule has 0 unspecified atom stereocenters. The lowest BCUT2D eigenvalue weighted by atomic mass is 10.1. The predicted octanol–water partition coefficient (Wildman–Crippen LogP) is 6.51. The first-order valence-corrected chi connectivity index (χ1v) is 9.93. The Morgan fingerprint density at radius 3 is 2.06 bits per heavy atom. The molecule has 3 aromatic rings. The maximum absolute atomic E-state index is 14.1. The number of benzene rings is 2. The molecule has 0 saturated carbocycles. The van der Waals surface area contributed by atoms with Gasteiger partial charge >= 0.3 is 0 Å². The van der Waals surface area contributed by atoms with E-state index in [1.54, 1.807) is 0 Å². The molecule has 0 bridgehead atoms. The number of hydrogen-bond donors (Lipinski definition) is 1. The van der Waals surface area contributed by atoms with E-state index in [2.05, 4.69) is 9.36 Å². The van der Waals surface area contributed by atoms with Crippen LogP contribution in [0, 0.1) is 18.6 Å². The largest absolute Gasteiger partial charge is 0.483 e. The molecule has 1 amide bonds. The van der Waals surface area contributed by atoms with Crippen molar-refractivity contribution in [3.8, 4) is 17.1 Å². The monoisotopic (exact) mass is 497 g/mol. The fraction of sp³-hybridized carbons (Fsp3) is 0.286. The highest BCUT2D eigenvalue weighted by Crippen LogP contribution is 2.25. The third-order valence-corrected chi connectivity index (χ3v) is 4.12. The minimum absolute atomic E-state index is 0.0652. The molecule has 0 saturated heterocycles. The minimum Gasteiger partial charge on any atom is -0.483 e. The van der Waals surface area contributed by atoms with Crippen molar-refractivity contribution in [3.05, 3.63) is 64.2 Å². The van der Waals surface area contributed by atoms with Crippen molar-refractivity contribution in [2.45, 2.75) is 27.4 Å². The fourth-order valence-electron chi connectivity index (χ4n) is 2.14. The summed E-state index contributed by atoms with van der Waals surface area (Å²) < 4.78 is 72.1. The Hall–Kier alpha value is -3.15. The van der Waals surface area contributed by atoms with Gasteiger partial charge in [0.1, 0.15) is 18.0 Å². The van der Waals surface area contributed by atoms with Gasteiger partial charge in [-0.25, -0.2) is 13.8 Å². The number of amides is 1. The molecule has 0 spiro atoms. The van der Waals surface area contributed by atoms with E-state index in [9.17, 15) is 22.4 Å². The predicted molar refractivity (Wildman–Crippen MR) is 117 cm³/mol. The summed E-state index contributed by atoms with van der Waals surface area (Å²) in [4.78, 5) is 15.4. The average molecular weight is 498 g/mol. The number of ether oxygens (including phenoxy) is 1. The van der Waals surface area contributed by atoms with Crippen molar-refractivity contribution in [2.24, 2.45) is 5.73 Å². The number of carbonyl (C=O) groups excluding carboxylic acids is 1. The standard InChI is InChI=1S/C17H13F2N3O2S.C2H6.2CH3F.F2/c1-9-2-4-10(5-3-9)17-21-13(25-22-17)8-24-12-7-6-11(18)14(15(12)19)16(20)23;4*1-2/h2-7H,8H2,1H3,(H2,20,23);1-2H3;2*1H3;. The zero-order valence-corrected chi connectivity index (χ0v) is 19.5. The van der Waals surface area contributed by atoms with E-state index in [1.807, 2.05) is 45.0 Å². The SMILES string of the molecule is CC.CF.CF.Cc1ccc(-c2nsc(COc3ccc(F)c(C(N)=O)c3F)n2)cc1.FF. The lowest BCUT2D eigenvalue weighted by molar-refractivity contribution is 0.0991. The Bertz CT molecular complexity index is 940. The van der Waals surface area contributed by atoms with Crippen molar-refractivity contribution < 1.29 is 36.2 Å². The van der Waals surface area contributed by atoms with Gasteiger partial charge in [-0.2, -0.15) is 4.37 Å². The quantitative estimate of drug-likeness (QED) is 0.408. The zero-order chi connectivity index (χ0) is 26.0. The van der Waals surface area contributed by atoms with Crippen LogP contribution in [-0.4, -0.2) is 29.6 Å². The molecule has 2 N–H and O–H groups in total. The Morgan fingerprint density at radius 1 is 1.00 bits per heavy atom. The maximum Gasteiger partial charge on any atom is 0.254 e. The lowest BCUT2D eigenvalue weighted by Gasteiger charge is -2.08. The van der Waals surface area contributed by atoms with E-state index in [0.717, 1.165) is 34.8 Å². The first kappa shape index (κ1) is 32.0. The zero-order valence-electron chi connectivity index (χ0n) is 18.6. The fourth-order valence-corrected chi connectivity index (χ4v) is 2.72. The van der Waals surface area contributed by atoms with Gasteiger partial charge in [-0.1, -0.05) is 43.7 Å². The van der Waals surface area contributed by atoms with Crippen LogP contribution in [0.15, 0.2) is 36.4 Å². The molecule has 5 nitrogen and oxygen atoms in total. The molecule has 0 aliphatic carbocycles. The summed E-state index contributed by atoms with van der Waals surface area (Å²) in [5.41, 5.74) is 6.13. The number of hydrogen-bond acceptors (Lipinski definition) is 5. The third-order valence-electron chi connectivity index (χ3n) is 3.43. The first-order valence-electron chi connectivity index (χ1n) is 9.16. The van der Waals surface area contributed by atoms with Gasteiger partial charge in [0.2, 0.25) is 0 Å². The van der Waals surface area contributed by atoms with E-state index in [0.29, 0.717) is 25.2 Å². The van der Waals surface area contributed by atoms with Gasteiger partial charge in [0.05, 0.1) is 14.4 Å². The lowest BCUT2D eigenvalue weighted by Crippen LogP contribution is -2.16. The molecule has 0 aliphatic rings. The van der Waals surface area contributed by atoms with Gasteiger partial charge < -0.3 is 10.5 Å². The van der Waals surface area contributed by atoms with Crippen molar-refractivity contribution in [2.75, 3.05) is 14.4 Å². The van der Waals surface area contributed by atoms with Gasteiger partial charge in [0.15, 0.2) is 22.4 Å². The van der Waals surface area contributed by atoms with Crippen LogP contribution in [-0.2, 0) is 6.61 Å². The number of aromatic nitrogens is 2. The number of alkyl halides is 2. The van der Waals surface area contributed by atoms with Crippen molar-refractivity contribution in [1.82, 2.24) is 9.36 Å². The number of primary amides is 1. The first-order chi connectivity index (χ1) is 16.0. The highest BCUT2D eigenvalue weighted by Gasteiger charge is 2.19. The summed E-state index contributed by atoms with van der Waals surface area (Å²) in [6.45, 7) is 5.92. The number of aryl methyl sites for hydroxylation is 1. The van der Waals surface area contributed by atoms with Crippen LogP contribution in [0.2, 0.25) is 0 Å². The smallest absolute Gasteiger partial charge is 0.254 e. The summed E-state index contributed by atoms with van der Waals surface area (Å²) >= 11 is 1.11. The molecule has 0 radical (unpaired) electrons. The Balaban J connectivity index is 0. The Kier molecular flexibility index (Phi) is 17.9. The van der Waals surface area contributed by atoms with Crippen molar-refractivity contribution >= 4 is 17.4 Å². The van der Waals surface area contributed by atoms with Crippen molar-refractivity contribution in [1.29, 1.82) is 0 Å². The molecule has 33 heavy (non-hydrogen) atoms. The summed E-state index contributed by atoms with van der Waals surface area (Å²) in [6, 6.07) is 9.73. The van der Waals surface area contributed by atoms with Crippen molar-refractivity contribution in [3.63, 3.8) is 0 Å². The average Bonchev–Trinajstić information content (AvgIpc) is 3.33. The maximum atomic E-state index is 14.1. The molecule has 2 aromatic carbocycles. The molecule has 0 fully saturated rings. The second kappa shape index (κ2) is 18.4. The second-order valence-corrected chi connectivity index (χ2v) is 6.10. The van der Waals surface area contributed by atoms with Gasteiger partial charge in [-0.3, -0.25) is 13.6 Å². The number of nitrogens with zero attached hydrogens (tertiary/aromatic N) is 2. The van der Waals surface area contributed by atoms with Crippen LogP contribution in [0.5, 0.6) is 5.75 Å². The number of carbonyl (C=O) groups is 1. The molecular weight excluding hydrogens is 472 g/mol. The van der Waals surface area contributed by atoms with E-state index in [4.69, 9.17) is 19.6 Å². The van der Waals surface area contributed by atoms with Crippen LogP contribution in [0.3, 0.4) is 0 Å². The molecule has 1 aromatic heterocycles. The Labute approximate surface area is 192 Å². The van der Waals surface area contributed by atoms with Gasteiger partial charge in [-0.05, 0) is 30.6 Å². The summed E-state index contributed by atoms with van der Waals surface area (Å²) in [5, 5.41) is 0.514. The topological polar surface area (TPSA) is 78.1 Å². The Morgan fingerprint density at radius 2 is 1.55 bits per heavy atom. The van der Waals surface area contributed by atoms with Gasteiger partial charge in [-0.15, -0.1) is 0 Å². The molecule has 0 atom stereocenters. The number of rotatable bonds is 5. The van der Waals surface area contributed by atoms with Crippen LogP contribution < -0.4 is 10.5 Å².